The second-order valence-corrected chi connectivity index (χ2v) is 6.22. The summed E-state index contributed by atoms with van der Waals surface area (Å²) in [5.74, 6) is 0. The van der Waals surface area contributed by atoms with Crippen molar-refractivity contribution in [2.24, 2.45) is 0 Å². The van der Waals surface area contributed by atoms with E-state index >= 15 is 0 Å². The zero-order chi connectivity index (χ0) is 10.7. The van der Waals surface area contributed by atoms with Crippen molar-refractivity contribution >= 4 is 0 Å². The van der Waals surface area contributed by atoms with E-state index in [9.17, 15) is 0 Å². The second kappa shape index (κ2) is 4.63. The minimum absolute atomic E-state index is 1.11. The lowest BCUT2D eigenvalue weighted by atomic mass is 10.1. The SMILES string of the molecule is C[N+](C)(C)CCC[N+]1(C)CCCCC1. The van der Waals surface area contributed by atoms with Gasteiger partial charge in [-0.2, -0.15) is 0 Å². The maximum atomic E-state index is 2.44. The van der Waals surface area contributed by atoms with Gasteiger partial charge in [-0.25, -0.2) is 0 Å². The topological polar surface area (TPSA) is 0 Å². The fraction of sp³-hybridized carbons (Fsp3) is 1.00. The maximum Gasteiger partial charge on any atom is 0.0838 e. The van der Waals surface area contributed by atoms with E-state index in [0.29, 0.717) is 0 Å². The molecule has 2 heteroatoms. The highest BCUT2D eigenvalue weighted by Crippen LogP contribution is 2.16. The van der Waals surface area contributed by atoms with Crippen LogP contribution in [0, 0.1) is 0 Å². The van der Waals surface area contributed by atoms with Gasteiger partial charge in [0.25, 0.3) is 0 Å². The minimum atomic E-state index is 1.11. The Bertz CT molecular complexity index is 164. The Kier molecular flexibility index (Phi) is 3.96. The third-order valence-electron chi connectivity index (χ3n) is 3.42. The minimum Gasteiger partial charge on any atom is -0.331 e. The molecule has 0 N–H and O–H groups in total. The standard InChI is InChI=1S/C12H28N2/c1-13(2,3)9-8-12-14(4)10-6-5-7-11-14/h5-12H2,1-4H3/q+2. The molecule has 0 amide bonds. The van der Waals surface area contributed by atoms with Gasteiger partial charge in [0, 0.05) is 6.42 Å². The Morgan fingerprint density at radius 2 is 1.57 bits per heavy atom. The number of piperidine rings is 1. The van der Waals surface area contributed by atoms with E-state index in [1.54, 1.807) is 0 Å². The molecule has 0 aliphatic carbocycles. The van der Waals surface area contributed by atoms with Crippen molar-refractivity contribution < 1.29 is 8.97 Å². The maximum absolute atomic E-state index is 2.44. The van der Waals surface area contributed by atoms with Crippen molar-refractivity contribution in [2.75, 3.05) is 54.4 Å². The van der Waals surface area contributed by atoms with E-state index < -0.39 is 0 Å². The van der Waals surface area contributed by atoms with Crippen LogP contribution < -0.4 is 0 Å². The summed E-state index contributed by atoms with van der Waals surface area (Å²) in [6.07, 6.45) is 5.73. The summed E-state index contributed by atoms with van der Waals surface area (Å²) >= 11 is 0. The first-order chi connectivity index (χ1) is 6.41. The van der Waals surface area contributed by atoms with Gasteiger partial charge in [0.15, 0.2) is 0 Å². The summed E-state index contributed by atoms with van der Waals surface area (Å²) < 4.78 is 2.44. The summed E-state index contributed by atoms with van der Waals surface area (Å²) in [5.41, 5.74) is 0. The highest BCUT2D eigenvalue weighted by Gasteiger charge is 2.24. The Morgan fingerprint density at radius 3 is 2.07 bits per heavy atom. The molecular weight excluding hydrogens is 172 g/mol. The van der Waals surface area contributed by atoms with Gasteiger partial charge in [-0.05, 0) is 19.3 Å². The van der Waals surface area contributed by atoms with Crippen LogP contribution in [0.15, 0.2) is 0 Å². The van der Waals surface area contributed by atoms with Crippen molar-refractivity contribution in [3.05, 3.63) is 0 Å². The summed E-state index contributed by atoms with van der Waals surface area (Å²) in [6, 6.07) is 0. The largest absolute Gasteiger partial charge is 0.331 e. The molecule has 1 fully saturated rings. The summed E-state index contributed by atoms with van der Waals surface area (Å²) in [7, 11) is 9.30. The molecule has 0 unspecified atom stereocenters. The number of quaternary nitrogens is 2. The summed E-state index contributed by atoms with van der Waals surface area (Å²) in [5, 5.41) is 0. The summed E-state index contributed by atoms with van der Waals surface area (Å²) in [4.78, 5) is 0. The van der Waals surface area contributed by atoms with Crippen LogP contribution in [-0.4, -0.2) is 63.3 Å². The van der Waals surface area contributed by atoms with Crippen molar-refractivity contribution in [2.45, 2.75) is 25.7 Å². The van der Waals surface area contributed by atoms with Gasteiger partial charge in [-0.15, -0.1) is 0 Å². The molecule has 1 aliphatic heterocycles. The van der Waals surface area contributed by atoms with Crippen LogP contribution in [0.1, 0.15) is 25.7 Å². The van der Waals surface area contributed by atoms with E-state index in [-0.39, 0.29) is 0 Å². The molecule has 0 saturated carbocycles. The first-order valence-electron chi connectivity index (χ1n) is 6.05. The van der Waals surface area contributed by atoms with Crippen LogP contribution in [0.4, 0.5) is 0 Å². The fourth-order valence-electron chi connectivity index (χ4n) is 2.43. The fourth-order valence-corrected chi connectivity index (χ4v) is 2.43. The van der Waals surface area contributed by atoms with Crippen molar-refractivity contribution in [3.8, 4) is 0 Å². The molecule has 0 radical (unpaired) electrons. The van der Waals surface area contributed by atoms with Crippen LogP contribution in [0.2, 0.25) is 0 Å². The number of hydrogen-bond acceptors (Lipinski definition) is 0. The molecule has 2 nitrogen and oxygen atoms in total. The third-order valence-corrected chi connectivity index (χ3v) is 3.42. The van der Waals surface area contributed by atoms with Crippen LogP contribution >= 0.6 is 0 Å². The molecule has 0 bridgehead atoms. The highest BCUT2D eigenvalue weighted by atomic mass is 15.3. The van der Waals surface area contributed by atoms with E-state index in [1.807, 2.05) is 0 Å². The molecule has 0 atom stereocenters. The van der Waals surface area contributed by atoms with E-state index in [2.05, 4.69) is 28.2 Å². The van der Waals surface area contributed by atoms with Gasteiger partial charge in [0.2, 0.25) is 0 Å². The van der Waals surface area contributed by atoms with E-state index in [4.69, 9.17) is 0 Å². The zero-order valence-electron chi connectivity index (χ0n) is 10.6. The van der Waals surface area contributed by atoms with Gasteiger partial charge in [0.05, 0.1) is 54.4 Å². The number of rotatable bonds is 4. The molecule has 1 saturated heterocycles. The Balaban J connectivity index is 2.22. The Morgan fingerprint density at radius 1 is 1.00 bits per heavy atom. The second-order valence-electron chi connectivity index (χ2n) is 6.22. The smallest absolute Gasteiger partial charge is 0.0838 e. The average Bonchev–Trinajstić information content (AvgIpc) is 2.02. The molecule has 0 aromatic carbocycles. The number of nitrogens with zero attached hydrogens (tertiary/aromatic N) is 2. The van der Waals surface area contributed by atoms with Crippen molar-refractivity contribution in [1.29, 1.82) is 0 Å². The molecule has 84 valence electrons. The highest BCUT2D eigenvalue weighted by molar-refractivity contribution is 4.51. The first-order valence-corrected chi connectivity index (χ1v) is 6.05. The molecule has 1 heterocycles. The molecule has 14 heavy (non-hydrogen) atoms. The predicted molar refractivity (Wildman–Crippen MR) is 62.2 cm³/mol. The summed E-state index contributed by atoms with van der Waals surface area (Å²) in [6.45, 7) is 5.53. The number of likely N-dealkylation sites (tertiary alicyclic amines) is 1. The van der Waals surface area contributed by atoms with Crippen LogP contribution in [-0.2, 0) is 0 Å². The van der Waals surface area contributed by atoms with Crippen molar-refractivity contribution in [1.82, 2.24) is 0 Å². The van der Waals surface area contributed by atoms with Gasteiger partial charge in [-0.1, -0.05) is 0 Å². The lowest BCUT2D eigenvalue weighted by molar-refractivity contribution is -0.921. The third kappa shape index (κ3) is 4.43. The normalized spacial score (nSPS) is 22.3. The Labute approximate surface area is 89.7 Å². The average molecular weight is 200 g/mol. The van der Waals surface area contributed by atoms with Gasteiger partial charge < -0.3 is 8.97 Å². The van der Waals surface area contributed by atoms with Gasteiger partial charge in [-0.3, -0.25) is 0 Å². The predicted octanol–water partition coefficient (Wildman–Crippen LogP) is 1.71. The molecule has 0 spiro atoms. The molecule has 0 aromatic heterocycles. The van der Waals surface area contributed by atoms with Crippen LogP contribution in [0.3, 0.4) is 0 Å². The zero-order valence-corrected chi connectivity index (χ0v) is 10.6. The van der Waals surface area contributed by atoms with Gasteiger partial charge >= 0.3 is 0 Å². The van der Waals surface area contributed by atoms with Crippen molar-refractivity contribution in [3.63, 3.8) is 0 Å². The first kappa shape index (κ1) is 12.0. The number of hydrogen-bond donors (Lipinski definition) is 0. The molecule has 0 aromatic rings. The van der Waals surface area contributed by atoms with Gasteiger partial charge in [0.1, 0.15) is 0 Å². The molecular formula is C12H28N2+2. The Hall–Kier alpha value is -0.0800. The molecule has 1 rings (SSSR count). The van der Waals surface area contributed by atoms with Crippen LogP contribution in [0.5, 0.6) is 0 Å². The monoisotopic (exact) mass is 200 g/mol. The lowest BCUT2D eigenvalue weighted by Gasteiger charge is -2.38. The quantitative estimate of drug-likeness (QED) is 0.606. The van der Waals surface area contributed by atoms with E-state index in [1.165, 1.54) is 56.3 Å². The van der Waals surface area contributed by atoms with E-state index in [0.717, 1.165) is 4.48 Å². The lowest BCUT2D eigenvalue weighted by Crippen LogP contribution is -2.49. The molecule has 1 aliphatic rings. The van der Waals surface area contributed by atoms with Crippen LogP contribution in [0.25, 0.3) is 0 Å².